The quantitative estimate of drug-likeness (QED) is 0.601. The Morgan fingerprint density at radius 1 is 1.27 bits per heavy atom. The topological polar surface area (TPSA) is 40.5 Å². The van der Waals surface area contributed by atoms with Crippen LogP contribution in [0.3, 0.4) is 0 Å². The van der Waals surface area contributed by atoms with Crippen LogP contribution in [0, 0.1) is 11.8 Å². The van der Waals surface area contributed by atoms with Crippen molar-refractivity contribution in [3.63, 3.8) is 0 Å². The summed E-state index contributed by atoms with van der Waals surface area (Å²) in [5.41, 5.74) is -0.781. The van der Waals surface area contributed by atoms with Crippen LogP contribution in [0.4, 0.5) is 0 Å². The largest absolute Gasteiger partial charge is 0.393 e. The van der Waals surface area contributed by atoms with Gasteiger partial charge < -0.3 is 10.2 Å². The molecule has 1 aliphatic carbocycles. The lowest BCUT2D eigenvalue weighted by Gasteiger charge is -2.37. The van der Waals surface area contributed by atoms with Crippen molar-refractivity contribution in [1.82, 2.24) is 0 Å². The van der Waals surface area contributed by atoms with Gasteiger partial charge in [0.15, 0.2) is 0 Å². The molecule has 0 spiro atoms. The molecule has 2 nitrogen and oxygen atoms in total. The van der Waals surface area contributed by atoms with Gasteiger partial charge in [0.1, 0.15) is 0 Å². The van der Waals surface area contributed by atoms with Crippen molar-refractivity contribution in [2.45, 2.75) is 38.7 Å². The van der Waals surface area contributed by atoms with Crippen molar-refractivity contribution in [2.75, 3.05) is 6.61 Å². The molecule has 1 aliphatic rings. The van der Waals surface area contributed by atoms with Crippen molar-refractivity contribution in [3.8, 4) is 0 Å². The highest BCUT2D eigenvalue weighted by atomic mass is 16.3. The van der Waals surface area contributed by atoms with E-state index in [1.807, 2.05) is 0 Å². The molecule has 2 N–H and O–H groups in total. The molecule has 0 radical (unpaired) electrons. The summed E-state index contributed by atoms with van der Waals surface area (Å²) in [6.07, 6.45) is 2.70. The molecule has 1 unspecified atom stereocenters. The summed E-state index contributed by atoms with van der Waals surface area (Å²) in [5.74, 6) is 1.10. The van der Waals surface area contributed by atoms with E-state index in [1.165, 1.54) is 6.42 Å². The van der Waals surface area contributed by atoms with E-state index in [9.17, 15) is 5.11 Å². The van der Waals surface area contributed by atoms with E-state index in [1.54, 1.807) is 0 Å². The smallest absolute Gasteiger partial charge is 0.0882 e. The van der Waals surface area contributed by atoms with Crippen molar-refractivity contribution < 1.29 is 10.2 Å². The van der Waals surface area contributed by atoms with Crippen LogP contribution in [0.2, 0.25) is 0 Å². The zero-order chi connectivity index (χ0) is 8.48. The lowest BCUT2D eigenvalue weighted by molar-refractivity contribution is -0.0689. The molecule has 0 saturated heterocycles. The summed E-state index contributed by atoms with van der Waals surface area (Å²) >= 11 is 0. The van der Waals surface area contributed by atoms with E-state index < -0.39 is 5.60 Å². The second-order valence-corrected chi connectivity index (χ2v) is 4.24. The SMILES string of the molecule is C[C@@H]1C[C@H](C)CC(O)(CO)C1. The average Bonchev–Trinajstić information content (AvgIpc) is 1.84. The van der Waals surface area contributed by atoms with Crippen LogP contribution in [0.15, 0.2) is 0 Å². The van der Waals surface area contributed by atoms with Gasteiger partial charge in [-0.05, 0) is 31.1 Å². The fraction of sp³-hybridized carbons (Fsp3) is 1.00. The van der Waals surface area contributed by atoms with Crippen LogP contribution >= 0.6 is 0 Å². The molecule has 0 aromatic rings. The van der Waals surface area contributed by atoms with Gasteiger partial charge in [0.25, 0.3) is 0 Å². The van der Waals surface area contributed by atoms with Gasteiger partial charge in [-0.25, -0.2) is 0 Å². The van der Waals surface area contributed by atoms with Crippen molar-refractivity contribution in [2.24, 2.45) is 11.8 Å². The Morgan fingerprint density at radius 3 is 2.09 bits per heavy atom. The monoisotopic (exact) mass is 158 g/mol. The molecular formula is C9H18O2. The standard InChI is InChI=1S/C9H18O2/c1-7-3-8(2)5-9(11,4-7)6-10/h7-8,10-11H,3-6H2,1-2H3/t7-,8+,9?. The average molecular weight is 158 g/mol. The van der Waals surface area contributed by atoms with E-state index >= 15 is 0 Å². The Morgan fingerprint density at radius 2 is 1.73 bits per heavy atom. The fourth-order valence-corrected chi connectivity index (χ4v) is 2.36. The highest BCUT2D eigenvalue weighted by Crippen LogP contribution is 2.35. The molecular weight excluding hydrogens is 140 g/mol. The molecule has 3 atom stereocenters. The molecule has 1 fully saturated rings. The lowest BCUT2D eigenvalue weighted by Crippen LogP contribution is -2.40. The minimum Gasteiger partial charge on any atom is -0.393 e. The minimum atomic E-state index is -0.781. The predicted molar refractivity (Wildman–Crippen MR) is 44.2 cm³/mol. The molecule has 11 heavy (non-hydrogen) atoms. The molecule has 1 saturated carbocycles. The normalized spacial score (nSPS) is 45.8. The zero-order valence-corrected chi connectivity index (χ0v) is 7.38. The Hall–Kier alpha value is -0.0800. The van der Waals surface area contributed by atoms with Gasteiger partial charge in [0, 0.05) is 0 Å². The number of rotatable bonds is 1. The van der Waals surface area contributed by atoms with Crippen molar-refractivity contribution in [1.29, 1.82) is 0 Å². The summed E-state index contributed by atoms with van der Waals surface area (Å²) in [5, 5.41) is 18.7. The van der Waals surface area contributed by atoms with Gasteiger partial charge in [0.05, 0.1) is 12.2 Å². The van der Waals surface area contributed by atoms with Crippen LogP contribution in [0.25, 0.3) is 0 Å². The molecule has 66 valence electrons. The second-order valence-electron chi connectivity index (χ2n) is 4.24. The van der Waals surface area contributed by atoms with E-state index in [2.05, 4.69) is 13.8 Å². The molecule has 2 heteroatoms. The van der Waals surface area contributed by atoms with Gasteiger partial charge >= 0.3 is 0 Å². The fourth-order valence-electron chi connectivity index (χ4n) is 2.36. The van der Waals surface area contributed by atoms with Gasteiger partial charge in [-0.15, -0.1) is 0 Å². The van der Waals surface area contributed by atoms with Crippen molar-refractivity contribution in [3.05, 3.63) is 0 Å². The Bertz CT molecular complexity index is 124. The Balaban J connectivity index is 2.55. The highest BCUT2D eigenvalue weighted by Gasteiger charge is 2.35. The number of hydrogen-bond acceptors (Lipinski definition) is 2. The molecule has 0 aliphatic heterocycles. The molecule has 1 rings (SSSR count). The van der Waals surface area contributed by atoms with Crippen LogP contribution in [0.5, 0.6) is 0 Å². The van der Waals surface area contributed by atoms with Gasteiger partial charge in [-0.2, -0.15) is 0 Å². The molecule has 0 amide bonds. The lowest BCUT2D eigenvalue weighted by atomic mass is 9.74. The maximum atomic E-state index is 9.77. The van der Waals surface area contributed by atoms with E-state index in [0.717, 1.165) is 12.8 Å². The van der Waals surface area contributed by atoms with Gasteiger partial charge in [-0.3, -0.25) is 0 Å². The first-order chi connectivity index (χ1) is 5.06. The van der Waals surface area contributed by atoms with Crippen LogP contribution in [-0.4, -0.2) is 22.4 Å². The molecule has 0 aromatic heterocycles. The first-order valence-corrected chi connectivity index (χ1v) is 4.39. The molecule has 0 bridgehead atoms. The van der Waals surface area contributed by atoms with E-state index in [4.69, 9.17) is 5.11 Å². The first kappa shape index (κ1) is 9.01. The molecule has 0 heterocycles. The van der Waals surface area contributed by atoms with E-state index in [-0.39, 0.29) is 6.61 Å². The Kier molecular flexibility index (Phi) is 2.55. The van der Waals surface area contributed by atoms with Crippen LogP contribution < -0.4 is 0 Å². The molecule has 0 aromatic carbocycles. The summed E-state index contributed by atoms with van der Waals surface area (Å²) < 4.78 is 0. The third kappa shape index (κ3) is 2.17. The van der Waals surface area contributed by atoms with Crippen molar-refractivity contribution >= 4 is 0 Å². The van der Waals surface area contributed by atoms with Crippen LogP contribution in [0.1, 0.15) is 33.1 Å². The maximum absolute atomic E-state index is 9.77. The Labute approximate surface area is 68.2 Å². The first-order valence-electron chi connectivity index (χ1n) is 4.39. The van der Waals surface area contributed by atoms with E-state index in [0.29, 0.717) is 11.8 Å². The predicted octanol–water partition coefficient (Wildman–Crippen LogP) is 1.17. The third-order valence-electron chi connectivity index (χ3n) is 2.56. The summed E-state index contributed by atoms with van der Waals surface area (Å²) in [4.78, 5) is 0. The maximum Gasteiger partial charge on any atom is 0.0882 e. The summed E-state index contributed by atoms with van der Waals surface area (Å²) in [6, 6.07) is 0. The van der Waals surface area contributed by atoms with Crippen LogP contribution in [-0.2, 0) is 0 Å². The zero-order valence-electron chi connectivity index (χ0n) is 7.38. The van der Waals surface area contributed by atoms with Gasteiger partial charge in [0.2, 0.25) is 0 Å². The third-order valence-corrected chi connectivity index (χ3v) is 2.56. The summed E-state index contributed by atoms with van der Waals surface area (Å²) in [7, 11) is 0. The highest BCUT2D eigenvalue weighted by molar-refractivity contribution is 4.87. The summed E-state index contributed by atoms with van der Waals surface area (Å²) in [6.45, 7) is 4.19. The second kappa shape index (κ2) is 3.11. The minimum absolute atomic E-state index is 0.0817. The number of aliphatic hydroxyl groups excluding tert-OH is 1. The van der Waals surface area contributed by atoms with Gasteiger partial charge in [-0.1, -0.05) is 13.8 Å². The number of aliphatic hydroxyl groups is 2. The number of hydrogen-bond donors (Lipinski definition) is 2.